The van der Waals surface area contributed by atoms with E-state index in [0.29, 0.717) is 24.8 Å². The minimum atomic E-state index is -0.167. The molecule has 6 nitrogen and oxygen atoms in total. The van der Waals surface area contributed by atoms with Crippen molar-refractivity contribution in [2.24, 2.45) is 11.7 Å². The molecule has 0 aliphatic rings. The van der Waals surface area contributed by atoms with Gasteiger partial charge in [0.2, 0.25) is 17.7 Å². The van der Waals surface area contributed by atoms with Gasteiger partial charge in [0.05, 0.1) is 7.11 Å². The van der Waals surface area contributed by atoms with Gasteiger partial charge in [0.1, 0.15) is 5.15 Å². The highest BCUT2D eigenvalue weighted by molar-refractivity contribution is 6.29. The highest BCUT2D eigenvalue weighted by atomic mass is 35.5. The van der Waals surface area contributed by atoms with Crippen LogP contribution in [0.25, 0.3) is 0 Å². The lowest BCUT2D eigenvalue weighted by Crippen LogP contribution is -2.17. The van der Waals surface area contributed by atoms with Crippen molar-refractivity contribution < 1.29 is 9.53 Å². The second-order valence-electron chi connectivity index (χ2n) is 3.98. The van der Waals surface area contributed by atoms with Gasteiger partial charge in [0, 0.05) is 12.5 Å². The quantitative estimate of drug-likeness (QED) is 0.765. The monoisotopic (exact) mass is 272 g/mol. The number of hydrogen-bond acceptors (Lipinski definition) is 5. The van der Waals surface area contributed by atoms with Gasteiger partial charge in [-0.15, -0.1) is 0 Å². The maximum Gasteiger partial charge on any atom is 0.234 e. The zero-order valence-electron chi connectivity index (χ0n) is 10.4. The Bertz CT molecular complexity index is 414. The zero-order valence-corrected chi connectivity index (χ0v) is 11.2. The molecule has 100 valence electrons. The standard InChI is InChI=1S/C11H17ClN4O2/c1-7(6-13)3-4-9(17)15-11-14-8(12)5-10(16-11)18-2/h5,7H,3-4,6,13H2,1-2H3,(H,14,15,16,17). The van der Waals surface area contributed by atoms with Gasteiger partial charge in [-0.05, 0) is 18.9 Å². The Hall–Kier alpha value is -1.40. The third-order valence-electron chi connectivity index (χ3n) is 2.40. The second-order valence-corrected chi connectivity index (χ2v) is 4.37. The van der Waals surface area contributed by atoms with Gasteiger partial charge < -0.3 is 10.5 Å². The molecular formula is C11H17ClN4O2. The van der Waals surface area contributed by atoms with Gasteiger partial charge in [-0.2, -0.15) is 4.98 Å². The van der Waals surface area contributed by atoms with Crippen LogP contribution in [0.15, 0.2) is 6.07 Å². The number of anilines is 1. The lowest BCUT2D eigenvalue weighted by Gasteiger charge is -2.08. The second kappa shape index (κ2) is 7.13. The average molecular weight is 273 g/mol. The Morgan fingerprint density at radius 3 is 2.94 bits per heavy atom. The van der Waals surface area contributed by atoms with Gasteiger partial charge in [-0.3, -0.25) is 10.1 Å². The number of nitrogens with one attached hydrogen (secondary N) is 1. The van der Waals surface area contributed by atoms with Crippen LogP contribution >= 0.6 is 11.6 Å². The van der Waals surface area contributed by atoms with E-state index in [-0.39, 0.29) is 17.0 Å². The van der Waals surface area contributed by atoms with Crippen molar-refractivity contribution in [2.45, 2.75) is 19.8 Å². The van der Waals surface area contributed by atoms with Crippen molar-refractivity contribution in [3.63, 3.8) is 0 Å². The van der Waals surface area contributed by atoms with Crippen LogP contribution in [0.4, 0.5) is 5.95 Å². The molecule has 0 saturated carbocycles. The molecule has 1 atom stereocenters. The topological polar surface area (TPSA) is 90.1 Å². The van der Waals surface area contributed by atoms with Crippen LogP contribution in [0.5, 0.6) is 5.88 Å². The Balaban J connectivity index is 2.56. The van der Waals surface area contributed by atoms with Gasteiger partial charge in [-0.1, -0.05) is 18.5 Å². The van der Waals surface area contributed by atoms with Crippen molar-refractivity contribution >= 4 is 23.5 Å². The maximum absolute atomic E-state index is 11.6. The van der Waals surface area contributed by atoms with Crippen LogP contribution in [0.1, 0.15) is 19.8 Å². The molecule has 18 heavy (non-hydrogen) atoms. The number of carbonyl (C=O) groups excluding carboxylic acids is 1. The van der Waals surface area contributed by atoms with Gasteiger partial charge >= 0.3 is 0 Å². The van der Waals surface area contributed by atoms with Crippen molar-refractivity contribution in [2.75, 3.05) is 19.0 Å². The molecule has 7 heteroatoms. The lowest BCUT2D eigenvalue weighted by atomic mass is 10.1. The van der Waals surface area contributed by atoms with E-state index in [1.54, 1.807) is 0 Å². The number of aromatic nitrogens is 2. The third kappa shape index (κ3) is 4.85. The first kappa shape index (κ1) is 14.7. The first-order valence-corrected chi connectivity index (χ1v) is 6.01. The largest absolute Gasteiger partial charge is 0.481 e. The van der Waals surface area contributed by atoms with Crippen LogP contribution in [0.2, 0.25) is 5.15 Å². The Morgan fingerprint density at radius 1 is 1.61 bits per heavy atom. The third-order valence-corrected chi connectivity index (χ3v) is 2.59. The van der Waals surface area contributed by atoms with E-state index in [9.17, 15) is 4.79 Å². The molecule has 0 aliphatic carbocycles. The number of methoxy groups -OCH3 is 1. The normalized spacial score (nSPS) is 12.0. The molecule has 1 aromatic rings. The molecule has 0 radical (unpaired) electrons. The van der Waals surface area contributed by atoms with Crippen LogP contribution in [0, 0.1) is 5.92 Å². The summed E-state index contributed by atoms with van der Waals surface area (Å²) in [5, 5.41) is 2.79. The summed E-state index contributed by atoms with van der Waals surface area (Å²) in [5.74, 6) is 0.593. The highest BCUT2D eigenvalue weighted by Gasteiger charge is 2.09. The van der Waals surface area contributed by atoms with Crippen molar-refractivity contribution in [1.82, 2.24) is 9.97 Å². The molecule has 0 saturated heterocycles. The van der Waals surface area contributed by atoms with Crippen LogP contribution in [0.3, 0.4) is 0 Å². The minimum Gasteiger partial charge on any atom is -0.481 e. The fourth-order valence-corrected chi connectivity index (χ4v) is 1.41. The van der Waals surface area contributed by atoms with Crippen molar-refractivity contribution in [1.29, 1.82) is 0 Å². The van der Waals surface area contributed by atoms with E-state index in [1.165, 1.54) is 13.2 Å². The summed E-state index contributed by atoms with van der Waals surface area (Å²) in [4.78, 5) is 19.5. The molecule has 0 bridgehead atoms. The fourth-order valence-electron chi connectivity index (χ4n) is 1.24. The van der Waals surface area contributed by atoms with E-state index in [4.69, 9.17) is 22.1 Å². The Labute approximate surface area is 111 Å². The number of rotatable bonds is 6. The lowest BCUT2D eigenvalue weighted by molar-refractivity contribution is -0.116. The summed E-state index contributed by atoms with van der Waals surface area (Å²) in [7, 11) is 1.47. The molecule has 0 spiro atoms. The van der Waals surface area contributed by atoms with Crippen molar-refractivity contribution in [3.8, 4) is 5.88 Å². The Morgan fingerprint density at radius 2 is 2.33 bits per heavy atom. The molecule has 1 amide bonds. The molecule has 0 fully saturated rings. The maximum atomic E-state index is 11.6. The number of ether oxygens (including phenoxy) is 1. The van der Waals surface area contributed by atoms with Crippen LogP contribution in [-0.2, 0) is 4.79 Å². The number of nitrogens with two attached hydrogens (primary N) is 1. The molecule has 1 unspecified atom stereocenters. The van der Waals surface area contributed by atoms with Crippen molar-refractivity contribution in [3.05, 3.63) is 11.2 Å². The van der Waals surface area contributed by atoms with E-state index in [2.05, 4.69) is 15.3 Å². The molecular weight excluding hydrogens is 256 g/mol. The SMILES string of the molecule is COc1cc(Cl)nc(NC(=O)CCC(C)CN)n1. The molecule has 0 aliphatic heterocycles. The predicted octanol–water partition coefficient (Wildman–Crippen LogP) is 1.45. The smallest absolute Gasteiger partial charge is 0.234 e. The van der Waals surface area contributed by atoms with E-state index in [1.807, 2.05) is 6.92 Å². The van der Waals surface area contributed by atoms with E-state index < -0.39 is 0 Å². The van der Waals surface area contributed by atoms with E-state index >= 15 is 0 Å². The molecule has 1 aromatic heterocycles. The number of carbonyl (C=O) groups is 1. The summed E-state index contributed by atoms with van der Waals surface area (Å²) in [6.45, 7) is 2.56. The van der Waals surface area contributed by atoms with Gasteiger partial charge in [0.25, 0.3) is 0 Å². The highest BCUT2D eigenvalue weighted by Crippen LogP contribution is 2.16. The molecule has 3 N–H and O–H groups in total. The average Bonchev–Trinajstić information content (AvgIpc) is 2.35. The molecule has 0 aromatic carbocycles. The van der Waals surface area contributed by atoms with Crippen LogP contribution in [-0.4, -0.2) is 29.5 Å². The summed E-state index contributed by atoms with van der Waals surface area (Å²) in [5.41, 5.74) is 5.48. The zero-order chi connectivity index (χ0) is 13.5. The number of amides is 1. The fraction of sp³-hybridized carbons (Fsp3) is 0.545. The number of nitrogens with zero attached hydrogens (tertiary/aromatic N) is 2. The van der Waals surface area contributed by atoms with Gasteiger partial charge in [0.15, 0.2) is 0 Å². The summed E-state index contributed by atoms with van der Waals surface area (Å²) in [6.07, 6.45) is 1.09. The van der Waals surface area contributed by atoms with Gasteiger partial charge in [-0.25, -0.2) is 4.98 Å². The summed E-state index contributed by atoms with van der Waals surface area (Å²) >= 11 is 5.76. The predicted molar refractivity (Wildman–Crippen MR) is 69.7 cm³/mol. The Kier molecular flexibility index (Phi) is 5.80. The first-order valence-electron chi connectivity index (χ1n) is 5.63. The summed E-state index contributed by atoms with van der Waals surface area (Å²) < 4.78 is 4.93. The summed E-state index contributed by atoms with van der Waals surface area (Å²) in [6, 6.07) is 1.47. The van der Waals surface area contributed by atoms with E-state index in [0.717, 1.165) is 6.42 Å². The van der Waals surface area contributed by atoms with Crippen LogP contribution < -0.4 is 15.8 Å². The molecule has 1 heterocycles. The number of hydrogen-bond donors (Lipinski definition) is 2. The minimum absolute atomic E-state index is 0.143. The first-order chi connectivity index (χ1) is 8.55. The molecule has 1 rings (SSSR count). The number of halogens is 1.